The van der Waals surface area contributed by atoms with Gasteiger partial charge in [-0.25, -0.2) is 14.6 Å². The standard InChI is InChI=1S/C12H19N3O3.C11H20N2O5.C2H5NO2/c1-12(2,3)18-10(16)5-4-6-14-11(17)15-8-7-13-9-15;1-11(2,3)18-9(16)5-4-6-12-10(17)13-7-8(14)15;3-1-2(4)5/h7-9H,4-6H2,1-3H3,(H,14,17);4-7H2,1-3H3,(H,14,15)(H2,12,13,17);1,3H2,(H,4,5). The first-order valence-electron chi connectivity index (χ1n) is 12.7. The lowest BCUT2D eigenvalue weighted by Gasteiger charge is -2.19. The number of hydrogen-bond acceptors (Lipinski definition) is 10. The predicted molar refractivity (Wildman–Crippen MR) is 147 cm³/mol. The van der Waals surface area contributed by atoms with Crippen LogP contribution in [0.3, 0.4) is 0 Å². The molecule has 7 N–H and O–H groups in total. The number of carbonyl (C=O) groups is 6. The lowest BCUT2D eigenvalue weighted by Crippen LogP contribution is -2.39. The largest absolute Gasteiger partial charge is 0.480 e. The molecule has 234 valence electrons. The molecule has 0 aliphatic rings. The summed E-state index contributed by atoms with van der Waals surface area (Å²) in [5, 5.41) is 23.2. The molecule has 0 aromatic carbocycles. The number of carbonyl (C=O) groups excluding carboxylic acids is 4. The number of esters is 2. The number of hydrogen-bond donors (Lipinski definition) is 6. The third-order valence-electron chi connectivity index (χ3n) is 3.83. The molecule has 0 radical (unpaired) electrons. The zero-order valence-electron chi connectivity index (χ0n) is 24.5. The van der Waals surface area contributed by atoms with Crippen molar-refractivity contribution >= 4 is 35.9 Å². The van der Waals surface area contributed by atoms with E-state index in [0.29, 0.717) is 25.8 Å². The number of nitrogens with one attached hydrogen (secondary N) is 3. The van der Waals surface area contributed by atoms with Gasteiger partial charge in [0.25, 0.3) is 0 Å². The summed E-state index contributed by atoms with van der Waals surface area (Å²) in [6.45, 7) is 10.8. The Bertz CT molecular complexity index is 953. The molecule has 0 aliphatic carbocycles. The van der Waals surface area contributed by atoms with Gasteiger partial charge in [0.15, 0.2) is 0 Å². The van der Waals surface area contributed by atoms with Gasteiger partial charge in [0.2, 0.25) is 0 Å². The van der Waals surface area contributed by atoms with Crippen LogP contribution in [0.4, 0.5) is 9.59 Å². The van der Waals surface area contributed by atoms with Crippen molar-refractivity contribution in [3.05, 3.63) is 18.7 Å². The first-order chi connectivity index (χ1) is 18.9. The summed E-state index contributed by atoms with van der Waals surface area (Å²) in [7, 11) is 0. The number of nitrogens with zero attached hydrogens (tertiary/aromatic N) is 2. The fourth-order valence-corrected chi connectivity index (χ4v) is 2.34. The fraction of sp³-hybridized carbons (Fsp3) is 0.640. The molecule has 16 heteroatoms. The van der Waals surface area contributed by atoms with E-state index < -0.39 is 35.7 Å². The van der Waals surface area contributed by atoms with E-state index in [9.17, 15) is 28.8 Å². The van der Waals surface area contributed by atoms with E-state index in [1.54, 1.807) is 27.0 Å². The van der Waals surface area contributed by atoms with E-state index >= 15 is 0 Å². The number of aliphatic carboxylic acids is 2. The topological polar surface area (TPSA) is 241 Å². The molecule has 16 nitrogen and oxygen atoms in total. The number of carboxylic acid groups (broad SMARTS) is 2. The molecule has 0 unspecified atom stereocenters. The van der Waals surface area contributed by atoms with Crippen LogP contribution >= 0.6 is 0 Å². The van der Waals surface area contributed by atoms with Crippen LogP contribution in [-0.2, 0) is 28.7 Å². The molecular weight excluding hydrogens is 544 g/mol. The Hall–Kier alpha value is -4.21. The second-order valence-corrected chi connectivity index (χ2v) is 10.2. The van der Waals surface area contributed by atoms with Crippen LogP contribution in [0.2, 0.25) is 0 Å². The average molecular weight is 589 g/mol. The van der Waals surface area contributed by atoms with Crippen LogP contribution in [0, 0.1) is 0 Å². The van der Waals surface area contributed by atoms with Gasteiger partial charge in [0.1, 0.15) is 24.1 Å². The molecule has 0 saturated heterocycles. The van der Waals surface area contributed by atoms with Gasteiger partial charge in [0, 0.05) is 38.3 Å². The Labute approximate surface area is 239 Å². The summed E-state index contributed by atoms with van der Waals surface area (Å²) in [4.78, 5) is 68.3. The molecule has 1 heterocycles. The number of rotatable bonds is 11. The third kappa shape index (κ3) is 28.6. The Morgan fingerprint density at radius 2 is 1.27 bits per heavy atom. The number of ether oxygens (including phenoxy) is 2. The summed E-state index contributed by atoms with van der Waals surface area (Å²) >= 11 is 0. The highest BCUT2D eigenvalue weighted by molar-refractivity contribution is 5.79. The predicted octanol–water partition coefficient (Wildman–Crippen LogP) is 1.08. The molecule has 3 amide bonds. The molecule has 1 rings (SSSR count). The summed E-state index contributed by atoms with van der Waals surface area (Å²) in [5.41, 5.74) is 3.60. The van der Waals surface area contributed by atoms with Gasteiger partial charge in [-0.05, 0) is 54.4 Å². The molecule has 0 bridgehead atoms. The SMILES string of the molecule is CC(C)(C)OC(=O)CCCNC(=O)NCC(=O)O.CC(C)(C)OC(=O)CCCNC(=O)n1ccnc1.NCC(=O)O. The first kappa shape index (κ1) is 38.9. The second-order valence-electron chi connectivity index (χ2n) is 10.2. The van der Waals surface area contributed by atoms with Crippen LogP contribution in [0.1, 0.15) is 67.2 Å². The molecule has 0 spiro atoms. The zero-order chi connectivity index (χ0) is 32.1. The molecule has 0 atom stereocenters. The molecule has 1 aromatic heterocycles. The van der Waals surface area contributed by atoms with E-state index in [2.05, 4.69) is 26.7 Å². The Balaban J connectivity index is 0. The van der Waals surface area contributed by atoms with Crippen molar-refractivity contribution in [1.82, 2.24) is 25.5 Å². The lowest BCUT2D eigenvalue weighted by atomic mass is 10.2. The van der Waals surface area contributed by atoms with Crippen molar-refractivity contribution in [2.75, 3.05) is 26.2 Å². The van der Waals surface area contributed by atoms with E-state index in [1.165, 1.54) is 17.1 Å². The van der Waals surface area contributed by atoms with E-state index in [4.69, 9.17) is 19.7 Å². The number of nitrogens with two attached hydrogens (primary N) is 1. The number of imidazole rings is 1. The van der Waals surface area contributed by atoms with E-state index in [-0.39, 0.29) is 37.5 Å². The number of carboxylic acids is 2. The van der Waals surface area contributed by atoms with Gasteiger partial charge >= 0.3 is 35.9 Å². The Morgan fingerprint density at radius 1 is 0.805 bits per heavy atom. The van der Waals surface area contributed by atoms with Gasteiger partial charge in [0.05, 0.1) is 6.54 Å². The van der Waals surface area contributed by atoms with Crippen LogP contribution in [0.15, 0.2) is 18.7 Å². The van der Waals surface area contributed by atoms with Crippen molar-refractivity contribution in [3.8, 4) is 0 Å². The average Bonchev–Trinajstić information content (AvgIpc) is 3.37. The summed E-state index contributed by atoms with van der Waals surface area (Å²) < 4.78 is 11.6. The molecule has 0 saturated carbocycles. The maximum Gasteiger partial charge on any atom is 0.326 e. The van der Waals surface area contributed by atoms with Crippen molar-refractivity contribution in [2.24, 2.45) is 5.73 Å². The molecular formula is C25H44N6O10. The van der Waals surface area contributed by atoms with Crippen molar-refractivity contribution < 1.29 is 48.5 Å². The minimum atomic E-state index is -1.11. The van der Waals surface area contributed by atoms with Crippen molar-refractivity contribution in [2.45, 2.75) is 78.4 Å². The number of urea groups is 1. The van der Waals surface area contributed by atoms with Crippen molar-refractivity contribution in [3.63, 3.8) is 0 Å². The highest BCUT2D eigenvalue weighted by Gasteiger charge is 2.16. The zero-order valence-corrected chi connectivity index (χ0v) is 24.5. The minimum absolute atomic E-state index is 0.205. The highest BCUT2D eigenvalue weighted by atomic mass is 16.6. The maximum absolute atomic E-state index is 11.5. The fourth-order valence-electron chi connectivity index (χ4n) is 2.34. The summed E-state index contributed by atoms with van der Waals surface area (Å²) in [5.74, 6) is -2.65. The van der Waals surface area contributed by atoms with Crippen LogP contribution in [-0.4, -0.2) is 93.1 Å². The molecule has 41 heavy (non-hydrogen) atoms. The normalized spacial score (nSPS) is 10.4. The van der Waals surface area contributed by atoms with E-state index in [0.717, 1.165) is 0 Å². The van der Waals surface area contributed by atoms with Gasteiger partial charge in [-0.3, -0.25) is 23.7 Å². The van der Waals surface area contributed by atoms with E-state index in [1.807, 2.05) is 20.8 Å². The number of amides is 3. The smallest absolute Gasteiger partial charge is 0.326 e. The first-order valence-corrected chi connectivity index (χ1v) is 12.7. The van der Waals surface area contributed by atoms with Crippen LogP contribution in [0.5, 0.6) is 0 Å². The lowest BCUT2D eigenvalue weighted by molar-refractivity contribution is -0.156. The van der Waals surface area contributed by atoms with Gasteiger partial charge in [-0.1, -0.05) is 0 Å². The monoisotopic (exact) mass is 588 g/mol. The third-order valence-corrected chi connectivity index (χ3v) is 3.83. The Kier molecular flexibility index (Phi) is 19.6. The van der Waals surface area contributed by atoms with Crippen LogP contribution in [0.25, 0.3) is 0 Å². The number of aromatic nitrogens is 2. The Morgan fingerprint density at radius 3 is 1.63 bits per heavy atom. The summed E-state index contributed by atoms with van der Waals surface area (Å²) in [6.07, 6.45) is 6.00. The quantitative estimate of drug-likeness (QED) is 0.157. The van der Waals surface area contributed by atoms with Crippen molar-refractivity contribution in [1.29, 1.82) is 0 Å². The highest BCUT2D eigenvalue weighted by Crippen LogP contribution is 2.09. The van der Waals surface area contributed by atoms with Crippen LogP contribution < -0.4 is 21.7 Å². The molecule has 0 aliphatic heterocycles. The van der Waals surface area contributed by atoms with Gasteiger partial charge in [-0.2, -0.15) is 0 Å². The van der Waals surface area contributed by atoms with Gasteiger partial charge in [-0.15, -0.1) is 0 Å². The molecule has 1 aromatic rings. The van der Waals surface area contributed by atoms with Gasteiger partial charge < -0.3 is 41.4 Å². The summed E-state index contributed by atoms with van der Waals surface area (Å²) in [6, 6.07) is -0.821. The minimum Gasteiger partial charge on any atom is -0.480 e. The maximum atomic E-state index is 11.5. The second kappa shape index (κ2) is 20.7. The molecule has 0 fully saturated rings.